The topological polar surface area (TPSA) is 88.0 Å². The van der Waals surface area contributed by atoms with Crippen molar-refractivity contribution in [2.24, 2.45) is 12.0 Å². The van der Waals surface area contributed by atoms with Gasteiger partial charge in [-0.2, -0.15) is 0 Å². The van der Waals surface area contributed by atoms with Crippen molar-refractivity contribution in [3.63, 3.8) is 0 Å². The minimum atomic E-state index is -3.51. The van der Waals surface area contributed by atoms with Crippen LogP contribution < -0.4 is 10.0 Å². The summed E-state index contributed by atoms with van der Waals surface area (Å²) in [6, 6.07) is 7.99. The highest BCUT2D eigenvalue weighted by Gasteiger charge is 2.25. The Kier molecular flexibility index (Phi) is 7.17. The Morgan fingerprint density at radius 3 is 2.73 bits per heavy atom. The van der Waals surface area contributed by atoms with Gasteiger partial charge >= 0.3 is 0 Å². The van der Waals surface area contributed by atoms with E-state index in [-0.39, 0.29) is 17.5 Å². The van der Waals surface area contributed by atoms with Crippen LogP contribution in [0.4, 0.5) is 0 Å². The molecule has 1 aromatic heterocycles. The summed E-state index contributed by atoms with van der Waals surface area (Å²) in [5, 5.41) is 3.25. The largest absolute Gasteiger partial charge is 0.370 e. The van der Waals surface area contributed by atoms with Crippen LogP contribution in [-0.4, -0.2) is 63.7 Å². The van der Waals surface area contributed by atoms with E-state index in [0.29, 0.717) is 19.7 Å². The standard InChI is InChI=1S/C21H31N5O3S/c1-16-5-6-19(17(2)13-16)20-15-26(11-12-29-20)21(22-3)23-8-9-24-30(27,28)18-7-10-25(4)14-18/h5-7,10,13-14,20,24H,8-9,11-12,15H2,1-4H3,(H,22,23). The number of nitrogens with zero attached hydrogens (tertiary/aromatic N) is 3. The highest BCUT2D eigenvalue weighted by molar-refractivity contribution is 7.89. The van der Waals surface area contributed by atoms with Crippen molar-refractivity contribution in [3.8, 4) is 0 Å². The molecule has 1 atom stereocenters. The Balaban J connectivity index is 1.54. The van der Waals surface area contributed by atoms with Gasteiger partial charge in [0.15, 0.2) is 5.96 Å². The van der Waals surface area contributed by atoms with Crippen LogP contribution in [-0.2, 0) is 21.8 Å². The highest BCUT2D eigenvalue weighted by Crippen LogP contribution is 2.25. The lowest BCUT2D eigenvalue weighted by molar-refractivity contribution is -0.00829. The molecule has 0 amide bonds. The lowest BCUT2D eigenvalue weighted by atomic mass is 10.00. The first-order chi connectivity index (χ1) is 14.3. The van der Waals surface area contributed by atoms with E-state index in [4.69, 9.17) is 4.74 Å². The third kappa shape index (κ3) is 5.41. The average Bonchev–Trinajstić information content (AvgIpc) is 3.15. The predicted molar refractivity (Wildman–Crippen MR) is 118 cm³/mol. The van der Waals surface area contributed by atoms with E-state index in [9.17, 15) is 8.42 Å². The Morgan fingerprint density at radius 2 is 2.07 bits per heavy atom. The number of rotatable bonds is 6. The molecule has 0 saturated carbocycles. The number of aromatic nitrogens is 1. The van der Waals surface area contributed by atoms with Gasteiger partial charge in [0, 0.05) is 46.1 Å². The molecule has 0 radical (unpaired) electrons. The van der Waals surface area contributed by atoms with Gasteiger partial charge in [-0.25, -0.2) is 13.1 Å². The molecule has 8 nitrogen and oxygen atoms in total. The number of sulfonamides is 1. The number of guanidine groups is 1. The normalized spacial score (nSPS) is 17.9. The van der Waals surface area contributed by atoms with Crippen LogP contribution in [0.5, 0.6) is 0 Å². The molecule has 164 valence electrons. The molecule has 1 unspecified atom stereocenters. The van der Waals surface area contributed by atoms with Gasteiger partial charge in [-0.1, -0.05) is 23.8 Å². The van der Waals surface area contributed by atoms with E-state index in [1.54, 1.807) is 37.1 Å². The number of hydrogen-bond donors (Lipinski definition) is 2. The molecule has 1 aliphatic heterocycles. The number of hydrogen-bond acceptors (Lipinski definition) is 4. The van der Waals surface area contributed by atoms with E-state index in [0.717, 1.165) is 12.5 Å². The van der Waals surface area contributed by atoms with Gasteiger partial charge in [-0.05, 0) is 31.0 Å². The molecule has 1 fully saturated rings. The monoisotopic (exact) mass is 433 g/mol. The molecular weight excluding hydrogens is 402 g/mol. The minimum Gasteiger partial charge on any atom is -0.370 e. The zero-order valence-corrected chi connectivity index (χ0v) is 18.9. The lowest BCUT2D eigenvalue weighted by Crippen LogP contribution is -2.49. The molecule has 1 aromatic carbocycles. The Bertz CT molecular complexity index is 1000. The van der Waals surface area contributed by atoms with Crippen LogP contribution in [0.2, 0.25) is 0 Å². The molecule has 2 aromatic rings. The van der Waals surface area contributed by atoms with Crippen molar-refractivity contribution in [1.29, 1.82) is 0 Å². The molecule has 9 heteroatoms. The summed E-state index contributed by atoms with van der Waals surface area (Å²) in [6.45, 7) is 6.93. The molecule has 30 heavy (non-hydrogen) atoms. The fourth-order valence-electron chi connectivity index (χ4n) is 3.63. The second-order valence-corrected chi connectivity index (χ2v) is 9.32. The van der Waals surface area contributed by atoms with Crippen molar-refractivity contribution >= 4 is 16.0 Å². The summed E-state index contributed by atoms with van der Waals surface area (Å²) in [5.74, 6) is 0.743. The summed E-state index contributed by atoms with van der Waals surface area (Å²) < 4.78 is 35.0. The average molecular weight is 434 g/mol. The van der Waals surface area contributed by atoms with E-state index in [1.807, 2.05) is 0 Å². The maximum Gasteiger partial charge on any atom is 0.242 e. The number of aliphatic imine (C=N–C) groups is 1. The van der Waals surface area contributed by atoms with E-state index in [1.165, 1.54) is 16.7 Å². The molecule has 0 aliphatic carbocycles. The smallest absolute Gasteiger partial charge is 0.242 e. The van der Waals surface area contributed by atoms with Crippen LogP contribution in [0.1, 0.15) is 22.8 Å². The molecule has 2 heterocycles. The van der Waals surface area contributed by atoms with E-state index >= 15 is 0 Å². The van der Waals surface area contributed by atoms with Gasteiger partial charge in [0.1, 0.15) is 6.10 Å². The van der Waals surface area contributed by atoms with Gasteiger partial charge in [0.2, 0.25) is 10.0 Å². The second kappa shape index (κ2) is 9.63. The molecular formula is C21H31N5O3S. The first-order valence-electron chi connectivity index (χ1n) is 10.1. The van der Waals surface area contributed by atoms with Crippen molar-refractivity contribution in [1.82, 2.24) is 19.5 Å². The number of aryl methyl sites for hydroxylation is 3. The van der Waals surface area contributed by atoms with Crippen molar-refractivity contribution in [2.45, 2.75) is 24.8 Å². The van der Waals surface area contributed by atoms with Crippen LogP contribution in [0.3, 0.4) is 0 Å². The third-order valence-electron chi connectivity index (χ3n) is 5.17. The number of benzene rings is 1. The van der Waals surface area contributed by atoms with Crippen LogP contribution >= 0.6 is 0 Å². The van der Waals surface area contributed by atoms with Gasteiger partial charge in [-0.3, -0.25) is 4.99 Å². The van der Waals surface area contributed by atoms with Crippen LogP contribution in [0.15, 0.2) is 46.5 Å². The third-order valence-corrected chi connectivity index (χ3v) is 6.61. The lowest BCUT2D eigenvalue weighted by Gasteiger charge is -2.35. The summed E-state index contributed by atoms with van der Waals surface area (Å²) in [5.41, 5.74) is 3.65. The fourth-order valence-corrected chi connectivity index (χ4v) is 4.71. The van der Waals surface area contributed by atoms with E-state index < -0.39 is 10.0 Å². The van der Waals surface area contributed by atoms with Crippen molar-refractivity contribution in [3.05, 3.63) is 53.3 Å². The minimum absolute atomic E-state index is 0.0190. The fraction of sp³-hybridized carbons (Fsp3) is 0.476. The summed E-state index contributed by atoms with van der Waals surface area (Å²) in [6.07, 6.45) is 3.27. The molecule has 0 spiro atoms. The van der Waals surface area contributed by atoms with Gasteiger partial charge < -0.3 is 19.5 Å². The molecule has 2 N–H and O–H groups in total. The number of nitrogens with one attached hydrogen (secondary N) is 2. The van der Waals surface area contributed by atoms with Gasteiger partial charge in [0.25, 0.3) is 0 Å². The number of morpholine rings is 1. The maximum absolute atomic E-state index is 12.3. The predicted octanol–water partition coefficient (Wildman–Crippen LogP) is 1.57. The summed E-state index contributed by atoms with van der Waals surface area (Å²) in [7, 11) is 0.0177. The van der Waals surface area contributed by atoms with Crippen molar-refractivity contribution in [2.75, 3.05) is 39.8 Å². The number of ether oxygens (including phenoxy) is 1. The highest BCUT2D eigenvalue weighted by atomic mass is 32.2. The SMILES string of the molecule is CN=C(NCCNS(=O)(=O)c1ccn(C)c1)N1CCOC(c2ccc(C)cc2C)C1. The zero-order chi connectivity index (χ0) is 21.7. The summed E-state index contributed by atoms with van der Waals surface area (Å²) >= 11 is 0. The first kappa shape index (κ1) is 22.3. The molecule has 0 bridgehead atoms. The zero-order valence-electron chi connectivity index (χ0n) is 18.1. The quantitative estimate of drug-likeness (QED) is 0.410. The summed E-state index contributed by atoms with van der Waals surface area (Å²) in [4.78, 5) is 6.78. The molecule has 1 aliphatic rings. The van der Waals surface area contributed by atoms with Gasteiger partial charge in [0.05, 0.1) is 18.0 Å². The van der Waals surface area contributed by atoms with Crippen molar-refractivity contribution < 1.29 is 13.2 Å². The molecule has 1 saturated heterocycles. The van der Waals surface area contributed by atoms with Gasteiger partial charge in [-0.15, -0.1) is 0 Å². The van der Waals surface area contributed by atoms with Crippen LogP contribution in [0.25, 0.3) is 0 Å². The Labute approximate surface area is 179 Å². The Morgan fingerprint density at radius 1 is 1.27 bits per heavy atom. The maximum atomic E-state index is 12.3. The Hall–Kier alpha value is -2.36. The first-order valence-corrected chi connectivity index (χ1v) is 11.5. The molecule has 3 rings (SSSR count). The van der Waals surface area contributed by atoms with Crippen LogP contribution in [0, 0.1) is 13.8 Å². The van der Waals surface area contributed by atoms with E-state index in [2.05, 4.69) is 52.0 Å². The second-order valence-electron chi connectivity index (χ2n) is 7.55.